The van der Waals surface area contributed by atoms with Crippen LogP contribution in [-0.2, 0) is 0 Å². The van der Waals surface area contributed by atoms with Crippen LogP contribution in [0.2, 0.25) is 5.32 Å². The van der Waals surface area contributed by atoms with Crippen molar-refractivity contribution in [2.75, 3.05) is 12.0 Å². The molecule has 0 saturated carbocycles. The van der Waals surface area contributed by atoms with Gasteiger partial charge in [-0.2, -0.15) is 0 Å². The van der Waals surface area contributed by atoms with E-state index in [1.807, 2.05) is 6.26 Å². The van der Waals surface area contributed by atoms with Gasteiger partial charge in [-0.15, -0.1) is 0 Å². The molecule has 0 bridgehead atoms. The van der Waals surface area contributed by atoms with E-state index in [4.69, 9.17) is 9.86 Å². The molecule has 0 aliphatic carbocycles. The Balaban J connectivity index is 3.27. The first kappa shape index (κ1) is 9.30. The SMILES string of the molecule is CSCC[Se](N)C(=O)O. The van der Waals surface area contributed by atoms with Crippen molar-refractivity contribution in [1.29, 1.82) is 0 Å². The summed E-state index contributed by atoms with van der Waals surface area (Å²) < 4.78 is 5.31. The van der Waals surface area contributed by atoms with E-state index in [9.17, 15) is 4.79 Å². The van der Waals surface area contributed by atoms with Gasteiger partial charge in [-0.05, 0) is 0 Å². The molecule has 3 nitrogen and oxygen atoms in total. The monoisotopic (exact) mass is 216 g/mol. The molecule has 0 heterocycles. The van der Waals surface area contributed by atoms with Gasteiger partial charge >= 0.3 is 62.7 Å². The molecule has 55 valence electrons. The predicted octanol–water partition coefficient (Wildman–Crippen LogP) is 0.559. The summed E-state index contributed by atoms with van der Waals surface area (Å²) in [7, 11) is 0. The summed E-state index contributed by atoms with van der Waals surface area (Å²) in [4.78, 5) is 9.34. The van der Waals surface area contributed by atoms with Crippen molar-refractivity contribution in [3.8, 4) is 0 Å². The Kier molecular flexibility index (Phi) is 5.28. The second-order valence-electron chi connectivity index (χ2n) is 1.39. The summed E-state index contributed by atoms with van der Waals surface area (Å²) in [6.07, 6.45) is 1.95. The van der Waals surface area contributed by atoms with Crippen molar-refractivity contribution in [2.24, 2.45) is 4.75 Å². The number of rotatable bonds is 4. The van der Waals surface area contributed by atoms with E-state index in [2.05, 4.69) is 0 Å². The molecule has 0 rings (SSSR count). The van der Waals surface area contributed by atoms with E-state index in [1.165, 1.54) is 0 Å². The molecular weight excluding hydrogens is 205 g/mol. The molecule has 0 atom stereocenters. The van der Waals surface area contributed by atoms with Gasteiger partial charge in [0.15, 0.2) is 0 Å². The molecule has 0 aliphatic heterocycles. The van der Waals surface area contributed by atoms with Crippen LogP contribution in [0, 0.1) is 0 Å². The van der Waals surface area contributed by atoms with Gasteiger partial charge in [0.1, 0.15) is 0 Å². The third kappa shape index (κ3) is 4.78. The summed E-state index contributed by atoms with van der Waals surface area (Å²) in [5.74, 6) is 0.869. The quantitative estimate of drug-likeness (QED) is 0.672. The van der Waals surface area contributed by atoms with Gasteiger partial charge in [-0.1, -0.05) is 0 Å². The molecule has 1 radical (unpaired) electrons. The Bertz CT molecular complexity index is 101. The molecule has 0 aliphatic rings. The molecule has 0 aromatic rings. The minimum absolute atomic E-state index is 0.677. The second-order valence-corrected chi connectivity index (χ2v) is 5.77. The fourth-order valence-corrected chi connectivity index (χ4v) is 3.15. The Morgan fingerprint density at radius 3 is 2.78 bits per heavy atom. The average molecular weight is 215 g/mol. The van der Waals surface area contributed by atoms with Gasteiger partial charge in [-0.25, -0.2) is 0 Å². The molecule has 0 aromatic heterocycles. The van der Waals surface area contributed by atoms with Crippen LogP contribution in [0.5, 0.6) is 0 Å². The Hall–Kier alpha value is 0.299. The van der Waals surface area contributed by atoms with Crippen molar-refractivity contribution < 1.29 is 9.90 Å². The normalized spacial score (nSPS) is 10.1. The number of carboxylic acid groups (broad SMARTS) is 1. The zero-order valence-electron chi connectivity index (χ0n) is 5.16. The van der Waals surface area contributed by atoms with Crippen molar-refractivity contribution in [3.63, 3.8) is 0 Å². The first-order valence-electron chi connectivity index (χ1n) is 2.35. The summed E-state index contributed by atoms with van der Waals surface area (Å²) in [5, 5.41) is 9.01. The Labute approximate surface area is 63.1 Å². The van der Waals surface area contributed by atoms with Crippen LogP contribution in [0.4, 0.5) is 4.79 Å². The number of thioether (sulfide) groups is 1. The molecular formula is C4H10NO2SSe. The molecule has 3 N–H and O–H groups in total. The van der Waals surface area contributed by atoms with Crippen molar-refractivity contribution in [3.05, 3.63) is 0 Å². The Morgan fingerprint density at radius 2 is 2.44 bits per heavy atom. The summed E-state index contributed by atoms with van der Waals surface area (Å²) in [6.45, 7) is 0. The van der Waals surface area contributed by atoms with Crippen molar-refractivity contribution in [2.45, 2.75) is 5.32 Å². The first-order chi connectivity index (χ1) is 4.18. The van der Waals surface area contributed by atoms with Crippen LogP contribution < -0.4 is 4.75 Å². The van der Waals surface area contributed by atoms with E-state index in [1.54, 1.807) is 11.8 Å². The number of nitrogens with two attached hydrogens (primary N) is 1. The van der Waals surface area contributed by atoms with Crippen LogP contribution in [-0.4, -0.2) is 36.1 Å². The minimum atomic E-state index is -1.78. The second kappa shape index (κ2) is 5.11. The molecule has 9 heavy (non-hydrogen) atoms. The molecule has 0 fully saturated rings. The van der Waals surface area contributed by atoms with E-state index in [-0.39, 0.29) is 0 Å². The molecule has 0 spiro atoms. The zero-order chi connectivity index (χ0) is 7.28. The third-order valence-corrected chi connectivity index (χ3v) is 4.22. The Morgan fingerprint density at radius 1 is 1.89 bits per heavy atom. The zero-order valence-corrected chi connectivity index (χ0v) is 7.69. The van der Waals surface area contributed by atoms with E-state index in [0.717, 1.165) is 5.75 Å². The van der Waals surface area contributed by atoms with Gasteiger partial charge in [0, 0.05) is 0 Å². The third-order valence-electron chi connectivity index (χ3n) is 0.732. The molecule has 0 aromatic carbocycles. The van der Waals surface area contributed by atoms with Crippen LogP contribution in [0.1, 0.15) is 0 Å². The maximum absolute atomic E-state index is 10.1. The first-order valence-corrected chi connectivity index (χ1v) is 6.80. The molecule has 0 unspecified atom stereocenters. The van der Waals surface area contributed by atoms with Crippen LogP contribution in [0.25, 0.3) is 0 Å². The van der Waals surface area contributed by atoms with Crippen LogP contribution in [0.3, 0.4) is 0 Å². The van der Waals surface area contributed by atoms with E-state index in [0.29, 0.717) is 5.32 Å². The molecule has 5 heteroatoms. The average Bonchev–Trinajstić information content (AvgIpc) is 1.82. The van der Waals surface area contributed by atoms with Crippen LogP contribution >= 0.6 is 11.8 Å². The summed E-state index contributed by atoms with van der Waals surface area (Å²) in [6, 6.07) is 0. The van der Waals surface area contributed by atoms with Gasteiger partial charge in [0.2, 0.25) is 0 Å². The van der Waals surface area contributed by atoms with Crippen molar-refractivity contribution in [1.82, 2.24) is 0 Å². The van der Waals surface area contributed by atoms with Crippen LogP contribution in [0.15, 0.2) is 0 Å². The maximum atomic E-state index is 10.1. The predicted molar refractivity (Wildman–Crippen MR) is 41.2 cm³/mol. The molecule has 0 amide bonds. The fourth-order valence-electron chi connectivity index (χ4n) is 0.260. The summed E-state index contributed by atoms with van der Waals surface area (Å²) in [5.41, 5.74) is 0. The summed E-state index contributed by atoms with van der Waals surface area (Å²) >= 11 is -0.141. The number of hydrogen-bond donors (Lipinski definition) is 2. The topological polar surface area (TPSA) is 63.3 Å². The molecule has 0 saturated heterocycles. The van der Waals surface area contributed by atoms with E-state index < -0.39 is 19.0 Å². The fraction of sp³-hybridized carbons (Fsp3) is 0.750. The number of carbonyl (C=O) groups is 1. The van der Waals surface area contributed by atoms with Gasteiger partial charge < -0.3 is 0 Å². The van der Waals surface area contributed by atoms with Gasteiger partial charge in [0.05, 0.1) is 0 Å². The van der Waals surface area contributed by atoms with Gasteiger partial charge in [-0.3, -0.25) is 0 Å². The van der Waals surface area contributed by atoms with Gasteiger partial charge in [0.25, 0.3) is 0 Å². The van der Waals surface area contributed by atoms with E-state index >= 15 is 0 Å². The van der Waals surface area contributed by atoms with Crippen molar-refractivity contribution >= 4 is 30.7 Å². The number of hydrogen-bond acceptors (Lipinski definition) is 3. The standard InChI is InChI=1S/C4H10NO2SSe/c1-8-2-3-9(5)4(6)7/h2-3,5H2,1H3,(H,6,7).